The Morgan fingerprint density at radius 3 is 2.22 bits per heavy atom. The van der Waals surface area contributed by atoms with Gasteiger partial charge in [-0.1, -0.05) is 29.6 Å². The Labute approximate surface area is 123 Å². The second kappa shape index (κ2) is 9.40. The van der Waals surface area contributed by atoms with Gasteiger partial charge in [0.25, 0.3) is 0 Å². The van der Waals surface area contributed by atoms with E-state index in [0.29, 0.717) is 13.2 Å². The van der Waals surface area contributed by atoms with E-state index in [1.54, 1.807) is 11.4 Å². The Kier molecular flexibility index (Phi) is 8.64. The predicted octanol–water partition coefficient (Wildman–Crippen LogP) is 4.81. The molecule has 0 aliphatic rings. The van der Waals surface area contributed by atoms with Crippen molar-refractivity contribution in [3.05, 3.63) is 30.3 Å². The first-order valence-corrected chi connectivity index (χ1v) is 11.1. The van der Waals surface area contributed by atoms with Crippen molar-refractivity contribution < 1.29 is 9.05 Å². The van der Waals surface area contributed by atoms with E-state index in [2.05, 4.69) is 24.3 Å². The molecule has 0 aliphatic carbocycles. The molecule has 6 heteroatoms. The Balaban J connectivity index is 2.29. The van der Waals surface area contributed by atoms with Gasteiger partial charge in [0.2, 0.25) is 5.69 Å². The monoisotopic (exact) mass is 322 g/mol. The van der Waals surface area contributed by atoms with E-state index < -0.39 is 5.69 Å². The van der Waals surface area contributed by atoms with Gasteiger partial charge in [-0.25, -0.2) is 0 Å². The molecular formula is C12H19O2PS3. The van der Waals surface area contributed by atoms with E-state index in [1.807, 2.05) is 31.7 Å². The molecule has 0 saturated heterocycles. The molecule has 102 valence electrons. The minimum absolute atomic E-state index is 0.621. The van der Waals surface area contributed by atoms with Crippen molar-refractivity contribution in [3.63, 3.8) is 0 Å². The molecule has 0 bridgehead atoms. The molecule has 0 heterocycles. The lowest BCUT2D eigenvalue weighted by Crippen LogP contribution is -1.94. The maximum absolute atomic E-state index is 5.58. The summed E-state index contributed by atoms with van der Waals surface area (Å²) in [6, 6.07) is 10.4. The molecule has 0 amide bonds. The summed E-state index contributed by atoms with van der Waals surface area (Å²) in [5, 5.41) is 0. The minimum atomic E-state index is -2.10. The Morgan fingerprint density at radius 1 is 1.06 bits per heavy atom. The molecule has 0 spiro atoms. The van der Waals surface area contributed by atoms with E-state index in [0.717, 1.165) is 11.5 Å². The fourth-order valence-electron chi connectivity index (χ4n) is 1.25. The van der Waals surface area contributed by atoms with Crippen LogP contribution in [0.2, 0.25) is 0 Å². The molecule has 0 saturated carbocycles. The van der Waals surface area contributed by atoms with E-state index in [1.165, 1.54) is 4.90 Å². The molecule has 1 aromatic carbocycles. The molecule has 2 nitrogen and oxygen atoms in total. The van der Waals surface area contributed by atoms with E-state index in [9.17, 15) is 0 Å². The van der Waals surface area contributed by atoms with Crippen LogP contribution >= 0.6 is 28.8 Å². The number of hydrogen-bond donors (Lipinski definition) is 0. The van der Waals surface area contributed by atoms with E-state index >= 15 is 0 Å². The second-order valence-corrected chi connectivity index (χ2v) is 10.9. The smallest absolute Gasteiger partial charge is 0.247 e. The highest BCUT2D eigenvalue weighted by Crippen LogP contribution is 2.60. The van der Waals surface area contributed by atoms with Crippen LogP contribution in [0.4, 0.5) is 0 Å². The van der Waals surface area contributed by atoms with Gasteiger partial charge in [0.1, 0.15) is 0 Å². The maximum atomic E-state index is 5.58. The summed E-state index contributed by atoms with van der Waals surface area (Å²) < 4.78 is 11.2. The second-order valence-electron chi connectivity index (χ2n) is 3.28. The van der Waals surface area contributed by atoms with Crippen LogP contribution in [0.15, 0.2) is 35.2 Å². The summed E-state index contributed by atoms with van der Waals surface area (Å²) in [5.41, 5.74) is -2.10. The predicted molar refractivity (Wildman–Crippen MR) is 87.2 cm³/mol. The highest BCUT2D eigenvalue weighted by atomic mass is 32.9. The topological polar surface area (TPSA) is 18.5 Å². The Hall–Kier alpha value is 0.490. The van der Waals surface area contributed by atoms with E-state index in [4.69, 9.17) is 20.9 Å². The Bertz CT molecular complexity index is 363. The van der Waals surface area contributed by atoms with Gasteiger partial charge >= 0.3 is 0 Å². The van der Waals surface area contributed by atoms with Crippen LogP contribution in [0, 0.1) is 0 Å². The number of thioether (sulfide) groups is 1. The van der Waals surface area contributed by atoms with Crippen molar-refractivity contribution in [3.8, 4) is 0 Å². The first-order valence-electron chi connectivity index (χ1n) is 5.91. The normalized spacial score (nSPS) is 11.7. The van der Waals surface area contributed by atoms with Gasteiger partial charge in [-0.3, -0.25) is 0 Å². The largest absolute Gasteiger partial charge is 0.322 e. The molecule has 0 aromatic heterocycles. The first kappa shape index (κ1) is 16.5. The van der Waals surface area contributed by atoms with Gasteiger partial charge in [0.05, 0.1) is 13.2 Å². The third-order valence-electron chi connectivity index (χ3n) is 1.92. The van der Waals surface area contributed by atoms with E-state index in [-0.39, 0.29) is 0 Å². The fraction of sp³-hybridized carbons (Fsp3) is 0.500. The number of hydrogen-bond acceptors (Lipinski definition) is 5. The summed E-state index contributed by atoms with van der Waals surface area (Å²) in [7, 11) is 0. The van der Waals surface area contributed by atoms with Gasteiger partial charge in [0.15, 0.2) is 0 Å². The molecule has 0 radical (unpaired) electrons. The zero-order chi connectivity index (χ0) is 13.3. The highest BCUT2D eigenvalue weighted by molar-refractivity contribution is 8.68. The number of rotatable bonds is 9. The van der Waals surface area contributed by atoms with Gasteiger partial charge in [-0.2, -0.15) is 0 Å². The molecule has 18 heavy (non-hydrogen) atoms. The lowest BCUT2D eigenvalue weighted by atomic mass is 10.4. The van der Waals surface area contributed by atoms with Crippen LogP contribution in [0.5, 0.6) is 0 Å². The van der Waals surface area contributed by atoms with Crippen LogP contribution in [-0.4, -0.2) is 24.7 Å². The molecule has 0 aliphatic heterocycles. The third-order valence-corrected chi connectivity index (χ3v) is 8.75. The summed E-state index contributed by atoms with van der Waals surface area (Å²) in [6.45, 7) is 5.16. The van der Waals surface area contributed by atoms with Gasteiger partial charge in [0, 0.05) is 16.4 Å². The molecule has 1 aromatic rings. The zero-order valence-corrected chi connectivity index (χ0v) is 14.0. The molecule has 1 rings (SSSR count). The van der Waals surface area contributed by atoms with Crippen molar-refractivity contribution in [2.45, 2.75) is 18.7 Å². The molecule has 0 N–H and O–H groups in total. The van der Waals surface area contributed by atoms with Crippen molar-refractivity contribution in [1.29, 1.82) is 0 Å². The van der Waals surface area contributed by atoms with Gasteiger partial charge in [-0.05, 0) is 37.8 Å². The standard InChI is InChI=1S/C12H19O2PS3/c1-3-13-15(16,14-4-2)18-11-10-17-12-8-6-5-7-9-12/h5-9H,3-4,10-11H2,1-2H3. The van der Waals surface area contributed by atoms with Crippen LogP contribution < -0.4 is 0 Å². The van der Waals surface area contributed by atoms with Crippen molar-refractivity contribution >= 4 is 40.6 Å². The zero-order valence-electron chi connectivity index (χ0n) is 10.7. The lowest BCUT2D eigenvalue weighted by Gasteiger charge is -2.19. The first-order chi connectivity index (χ1) is 8.70. The highest BCUT2D eigenvalue weighted by Gasteiger charge is 2.18. The van der Waals surface area contributed by atoms with Crippen molar-refractivity contribution in [2.24, 2.45) is 0 Å². The third kappa shape index (κ3) is 6.60. The summed E-state index contributed by atoms with van der Waals surface area (Å²) in [5.74, 6) is 1.98. The van der Waals surface area contributed by atoms with Crippen LogP contribution in [0.25, 0.3) is 0 Å². The summed E-state index contributed by atoms with van der Waals surface area (Å²) in [4.78, 5) is 1.29. The lowest BCUT2D eigenvalue weighted by molar-refractivity contribution is 0.280. The Morgan fingerprint density at radius 2 is 1.67 bits per heavy atom. The average Bonchev–Trinajstić information content (AvgIpc) is 2.37. The molecule has 0 unspecified atom stereocenters. The SMILES string of the molecule is CCOP(=S)(OCC)SCCSc1ccccc1. The quantitative estimate of drug-likeness (QED) is 0.368. The van der Waals surface area contributed by atoms with Crippen LogP contribution in [0.1, 0.15) is 13.8 Å². The van der Waals surface area contributed by atoms with Crippen LogP contribution in [-0.2, 0) is 20.9 Å². The minimum Gasteiger partial charge on any atom is -0.322 e. The van der Waals surface area contributed by atoms with Crippen molar-refractivity contribution in [2.75, 3.05) is 24.7 Å². The van der Waals surface area contributed by atoms with Crippen molar-refractivity contribution in [1.82, 2.24) is 0 Å². The van der Waals surface area contributed by atoms with Crippen LogP contribution in [0.3, 0.4) is 0 Å². The molecular weight excluding hydrogens is 303 g/mol. The van der Waals surface area contributed by atoms with Gasteiger partial charge in [-0.15, -0.1) is 11.8 Å². The fourth-order valence-corrected chi connectivity index (χ4v) is 7.27. The maximum Gasteiger partial charge on any atom is 0.247 e. The molecule has 0 fully saturated rings. The molecule has 0 atom stereocenters. The summed E-state index contributed by atoms with van der Waals surface area (Å²) in [6.07, 6.45) is 0. The van der Waals surface area contributed by atoms with Gasteiger partial charge < -0.3 is 9.05 Å². The summed E-state index contributed by atoms with van der Waals surface area (Å²) >= 11 is 8.94. The number of benzene rings is 1. The average molecular weight is 322 g/mol.